The van der Waals surface area contributed by atoms with Gasteiger partial charge in [-0.25, -0.2) is 9.38 Å². The Morgan fingerprint density at radius 2 is 2.05 bits per heavy atom. The van der Waals surface area contributed by atoms with E-state index < -0.39 is 0 Å². The van der Waals surface area contributed by atoms with Crippen LogP contribution in [0.5, 0.6) is 0 Å². The van der Waals surface area contributed by atoms with Crippen LogP contribution in [-0.2, 0) is 6.54 Å². The first-order valence-electron chi connectivity index (χ1n) is 7.53. The van der Waals surface area contributed by atoms with E-state index in [9.17, 15) is 4.39 Å². The SMILES string of the molecule is CCNC(=NCc1ccc(F)cc1)NC1CCC(SC)C1.I. The second kappa shape index (κ2) is 10.3. The molecule has 2 rings (SSSR count). The van der Waals surface area contributed by atoms with Gasteiger partial charge < -0.3 is 10.6 Å². The number of nitrogens with one attached hydrogen (secondary N) is 2. The van der Waals surface area contributed by atoms with Crippen molar-refractivity contribution < 1.29 is 4.39 Å². The van der Waals surface area contributed by atoms with Crippen molar-refractivity contribution in [3.8, 4) is 0 Å². The van der Waals surface area contributed by atoms with Crippen LogP contribution in [-0.4, -0.2) is 30.1 Å². The van der Waals surface area contributed by atoms with Gasteiger partial charge >= 0.3 is 0 Å². The van der Waals surface area contributed by atoms with Crippen molar-refractivity contribution in [1.29, 1.82) is 0 Å². The van der Waals surface area contributed by atoms with E-state index in [2.05, 4.69) is 28.8 Å². The number of halogens is 2. The van der Waals surface area contributed by atoms with Gasteiger partial charge in [-0.3, -0.25) is 0 Å². The standard InChI is InChI=1S/C16H24FN3S.HI/c1-3-18-16(20-14-8-9-15(10-14)21-2)19-11-12-4-6-13(17)7-5-12;/h4-7,14-15H,3,8-11H2,1-2H3,(H2,18,19,20);1H. The van der Waals surface area contributed by atoms with E-state index in [-0.39, 0.29) is 29.8 Å². The minimum atomic E-state index is -0.207. The zero-order chi connectivity index (χ0) is 15.1. The van der Waals surface area contributed by atoms with E-state index in [1.807, 2.05) is 11.8 Å². The van der Waals surface area contributed by atoms with Crippen molar-refractivity contribution in [2.75, 3.05) is 12.8 Å². The van der Waals surface area contributed by atoms with Crippen molar-refractivity contribution in [3.05, 3.63) is 35.6 Å². The second-order valence-electron chi connectivity index (χ2n) is 5.33. The van der Waals surface area contributed by atoms with Crippen LogP contribution < -0.4 is 10.6 Å². The fourth-order valence-corrected chi connectivity index (χ4v) is 3.36. The smallest absolute Gasteiger partial charge is 0.191 e. The molecular weight excluding hydrogens is 412 g/mol. The lowest BCUT2D eigenvalue weighted by Gasteiger charge is -2.17. The highest BCUT2D eigenvalue weighted by atomic mass is 127. The minimum Gasteiger partial charge on any atom is -0.357 e. The summed E-state index contributed by atoms with van der Waals surface area (Å²) in [7, 11) is 0. The van der Waals surface area contributed by atoms with Crippen molar-refractivity contribution >= 4 is 41.7 Å². The molecule has 1 fully saturated rings. The molecule has 1 aromatic rings. The molecule has 1 saturated carbocycles. The van der Waals surface area contributed by atoms with Gasteiger partial charge in [0.1, 0.15) is 5.82 Å². The fourth-order valence-electron chi connectivity index (χ4n) is 2.56. The number of aliphatic imine (C=N–C) groups is 1. The summed E-state index contributed by atoms with van der Waals surface area (Å²) in [4.78, 5) is 4.59. The van der Waals surface area contributed by atoms with E-state index in [4.69, 9.17) is 0 Å². The first-order chi connectivity index (χ1) is 10.2. The Bertz CT molecular complexity index is 467. The predicted octanol–water partition coefficient (Wildman–Crippen LogP) is 3.78. The Morgan fingerprint density at radius 1 is 1.32 bits per heavy atom. The molecule has 1 aliphatic rings. The van der Waals surface area contributed by atoms with Crippen LogP contribution in [0.3, 0.4) is 0 Å². The number of rotatable bonds is 5. The number of nitrogens with zero attached hydrogens (tertiary/aromatic N) is 1. The van der Waals surface area contributed by atoms with Crippen LogP contribution in [0, 0.1) is 5.82 Å². The Balaban J connectivity index is 0.00000242. The molecule has 1 aliphatic carbocycles. The molecule has 0 bridgehead atoms. The summed E-state index contributed by atoms with van der Waals surface area (Å²) in [5.74, 6) is 0.649. The van der Waals surface area contributed by atoms with Crippen LogP contribution in [0.2, 0.25) is 0 Å². The van der Waals surface area contributed by atoms with Gasteiger partial charge in [-0.1, -0.05) is 12.1 Å². The number of thioether (sulfide) groups is 1. The molecule has 2 unspecified atom stereocenters. The maximum Gasteiger partial charge on any atom is 0.191 e. The van der Waals surface area contributed by atoms with Crippen molar-refractivity contribution in [1.82, 2.24) is 10.6 Å². The normalized spacial score (nSPS) is 21.3. The highest BCUT2D eigenvalue weighted by Crippen LogP contribution is 2.28. The van der Waals surface area contributed by atoms with Crippen LogP contribution in [0.15, 0.2) is 29.3 Å². The predicted molar refractivity (Wildman–Crippen MR) is 105 cm³/mol. The number of benzene rings is 1. The van der Waals surface area contributed by atoms with E-state index in [0.717, 1.165) is 23.3 Å². The van der Waals surface area contributed by atoms with Gasteiger partial charge in [0.05, 0.1) is 6.54 Å². The van der Waals surface area contributed by atoms with Gasteiger partial charge in [-0.05, 0) is 50.1 Å². The second-order valence-corrected chi connectivity index (χ2v) is 6.47. The summed E-state index contributed by atoms with van der Waals surface area (Å²) in [5, 5.41) is 7.56. The van der Waals surface area contributed by atoms with Gasteiger partial charge in [-0.2, -0.15) is 11.8 Å². The molecule has 1 aromatic carbocycles. The van der Waals surface area contributed by atoms with Crippen LogP contribution in [0.1, 0.15) is 31.7 Å². The molecule has 0 saturated heterocycles. The van der Waals surface area contributed by atoms with Crippen molar-refractivity contribution in [2.45, 2.75) is 44.0 Å². The quantitative estimate of drug-likeness (QED) is 0.418. The van der Waals surface area contributed by atoms with Gasteiger partial charge in [-0.15, -0.1) is 24.0 Å². The third kappa shape index (κ3) is 6.32. The molecule has 3 nitrogen and oxygen atoms in total. The highest BCUT2D eigenvalue weighted by Gasteiger charge is 2.24. The van der Waals surface area contributed by atoms with E-state index in [0.29, 0.717) is 12.6 Å². The number of guanidine groups is 1. The average molecular weight is 437 g/mol. The summed E-state index contributed by atoms with van der Waals surface area (Å²) in [6.45, 7) is 3.47. The van der Waals surface area contributed by atoms with E-state index >= 15 is 0 Å². The molecule has 0 spiro atoms. The molecule has 0 heterocycles. The molecule has 2 atom stereocenters. The lowest BCUT2D eigenvalue weighted by atomic mass is 10.2. The van der Waals surface area contributed by atoms with Gasteiger partial charge in [0.25, 0.3) is 0 Å². The molecule has 2 N–H and O–H groups in total. The zero-order valence-electron chi connectivity index (χ0n) is 13.1. The Hall–Kier alpha value is -0.500. The summed E-state index contributed by atoms with van der Waals surface area (Å²) < 4.78 is 12.9. The van der Waals surface area contributed by atoms with Crippen molar-refractivity contribution in [2.24, 2.45) is 4.99 Å². The summed E-state index contributed by atoms with van der Waals surface area (Å²) in [6, 6.07) is 7.02. The Kier molecular flexibility index (Phi) is 9.16. The summed E-state index contributed by atoms with van der Waals surface area (Å²) >= 11 is 1.95. The average Bonchev–Trinajstić information content (AvgIpc) is 2.94. The monoisotopic (exact) mass is 437 g/mol. The molecular formula is C16H25FIN3S. The summed E-state index contributed by atoms with van der Waals surface area (Å²) in [5.41, 5.74) is 1.02. The van der Waals surface area contributed by atoms with Crippen LogP contribution >= 0.6 is 35.7 Å². The lowest BCUT2D eigenvalue weighted by Crippen LogP contribution is -2.42. The molecule has 0 amide bonds. The first kappa shape index (κ1) is 19.5. The summed E-state index contributed by atoms with van der Waals surface area (Å²) in [6.07, 6.45) is 5.85. The van der Waals surface area contributed by atoms with Crippen molar-refractivity contribution in [3.63, 3.8) is 0 Å². The maximum absolute atomic E-state index is 12.9. The van der Waals surface area contributed by atoms with Crippen LogP contribution in [0.25, 0.3) is 0 Å². The molecule has 6 heteroatoms. The maximum atomic E-state index is 12.9. The van der Waals surface area contributed by atoms with Gasteiger partial charge in [0, 0.05) is 17.8 Å². The Morgan fingerprint density at radius 3 is 2.64 bits per heavy atom. The number of hydrogen-bond donors (Lipinski definition) is 2. The lowest BCUT2D eigenvalue weighted by molar-refractivity contribution is 0.615. The largest absolute Gasteiger partial charge is 0.357 e. The molecule has 0 aromatic heterocycles. The first-order valence-corrected chi connectivity index (χ1v) is 8.82. The molecule has 0 aliphatic heterocycles. The third-order valence-corrected chi connectivity index (χ3v) is 4.83. The van der Waals surface area contributed by atoms with Crippen LogP contribution in [0.4, 0.5) is 4.39 Å². The molecule has 22 heavy (non-hydrogen) atoms. The fraction of sp³-hybridized carbons (Fsp3) is 0.562. The topological polar surface area (TPSA) is 36.4 Å². The molecule has 0 radical (unpaired) electrons. The third-order valence-electron chi connectivity index (χ3n) is 3.74. The minimum absolute atomic E-state index is 0. The van der Waals surface area contributed by atoms with E-state index in [1.165, 1.54) is 31.4 Å². The zero-order valence-corrected chi connectivity index (χ0v) is 16.3. The number of hydrogen-bond acceptors (Lipinski definition) is 2. The highest BCUT2D eigenvalue weighted by molar-refractivity contribution is 14.0. The molecule has 124 valence electrons. The Labute approximate surface area is 154 Å². The van der Waals surface area contributed by atoms with Gasteiger partial charge in [0.2, 0.25) is 0 Å². The van der Waals surface area contributed by atoms with Gasteiger partial charge in [0.15, 0.2) is 5.96 Å². The van der Waals surface area contributed by atoms with E-state index in [1.54, 1.807) is 12.1 Å².